The SMILES string of the molecule is CC(=O)SC1CC(=O)N(CCc2ccncn2)C1. The molecule has 1 fully saturated rings. The Morgan fingerprint density at radius 1 is 1.61 bits per heavy atom. The summed E-state index contributed by atoms with van der Waals surface area (Å²) in [6.45, 7) is 2.86. The van der Waals surface area contributed by atoms with Crippen LogP contribution in [0.2, 0.25) is 0 Å². The fourth-order valence-corrected chi connectivity index (χ4v) is 2.93. The third kappa shape index (κ3) is 3.53. The Balaban J connectivity index is 1.83. The highest BCUT2D eigenvalue weighted by molar-refractivity contribution is 8.14. The van der Waals surface area contributed by atoms with E-state index in [1.165, 1.54) is 18.1 Å². The first-order valence-electron chi connectivity index (χ1n) is 5.85. The maximum atomic E-state index is 11.8. The predicted molar refractivity (Wildman–Crippen MR) is 69.0 cm³/mol. The highest BCUT2D eigenvalue weighted by Gasteiger charge is 2.30. The second-order valence-corrected chi connectivity index (χ2v) is 5.70. The van der Waals surface area contributed by atoms with E-state index in [0.717, 1.165) is 12.1 Å². The van der Waals surface area contributed by atoms with Crippen LogP contribution >= 0.6 is 11.8 Å². The summed E-state index contributed by atoms with van der Waals surface area (Å²) in [5, 5.41) is 0.186. The number of nitrogens with zero attached hydrogens (tertiary/aromatic N) is 3. The molecule has 0 spiro atoms. The number of thioether (sulfide) groups is 1. The summed E-state index contributed by atoms with van der Waals surface area (Å²) in [5.74, 6) is 0.128. The molecule has 1 aliphatic heterocycles. The number of amides is 1. The van der Waals surface area contributed by atoms with Gasteiger partial charge in [0.2, 0.25) is 5.91 Å². The van der Waals surface area contributed by atoms with E-state index in [0.29, 0.717) is 19.5 Å². The third-order valence-corrected chi connectivity index (χ3v) is 3.77. The van der Waals surface area contributed by atoms with Crippen LogP contribution in [0.3, 0.4) is 0 Å². The molecule has 0 radical (unpaired) electrons. The minimum Gasteiger partial charge on any atom is -0.341 e. The number of carbonyl (C=O) groups excluding carboxylic acids is 2. The monoisotopic (exact) mass is 265 g/mol. The molecule has 1 aromatic rings. The van der Waals surface area contributed by atoms with Crippen LogP contribution < -0.4 is 0 Å². The average molecular weight is 265 g/mol. The Morgan fingerprint density at radius 3 is 3.11 bits per heavy atom. The second kappa shape index (κ2) is 5.95. The fraction of sp³-hybridized carbons (Fsp3) is 0.500. The standard InChI is InChI=1S/C12H15N3O2S/c1-9(16)18-11-6-12(17)15(7-11)5-3-10-2-4-13-8-14-10/h2,4,8,11H,3,5-7H2,1H3. The van der Waals surface area contributed by atoms with Crippen molar-refractivity contribution in [3.8, 4) is 0 Å². The summed E-state index contributed by atoms with van der Waals surface area (Å²) in [6.07, 6.45) is 4.40. The molecule has 1 aromatic heterocycles. The van der Waals surface area contributed by atoms with Crippen LogP contribution in [0.1, 0.15) is 19.0 Å². The van der Waals surface area contributed by atoms with Gasteiger partial charge in [-0.15, -0.1) is 0 Å². The zero-order chi connectivity index (χ0) is 13.0. The number of hydrogen-bond acceptors (Lipinski definition) is 5. The molecule has 0 N–H and O–H groups in total. The Labute approximate surface area is 110 Å². The van der Waals surface area contributed by atoms with Crippen LogP contribution in [-0.2, 0) is 16.0 Å². The van der Waals surface area contributed by atoms with Crippen molar-refractivity contribution in [2.45, 2.75) is 25.0 Å². The van der Waals surface area contributed by atoms with Crippen LogP contribution in [0, 0.1) is 0 Å². The van der Waals surface area contributed by atoms with Crippen molar-refractivity contribution in [1.82, 2.24) is 14.9 Å². The minimum absolute atomic E-state index is 0.0745. The van der Waals surface area contributed by atoms with Crippen LogP contribution in [0.5, 0.6) is 0 Å². The van der Waals surface area contributed by atoms with Crippen LogP contribution in [0.25, 0.3) is 0 Å². The lowest BCUT2D eigenvalue weighted by Crippen LogP contribution is -2.28. The molecule has 2 heterocycles. The summed E-state index contributed by atoms with van der Waals surface area (Å²) in [5.41, 5.74) is 0.931. The van der Waals surface area contributed by atoms with Gasteiger partial charge in [-0.05, 0) is 6.07 Å². The van der Waals surface area contributed by atoms with E-state index in [4.69, 9.17) is 0 Å². The highest BCUT2D eigenvalue weighted by atomic mass is 32.2. The number of rotatable bonds is 4. The Hall–Kier alpha value is -1.43. The summed E-state index contributed by atoms with van der Waals surface area (Å²) in [7, 11) is 0. The number of carbonyl (C=O) groups is 2. The highest BCUT2D eigenvalue weighted by Crippen LogP contribution is 2.24. The molecule has 1 aliphatic rings. The molecule has 2 rings (SSSR count). The predicted octanol–water partition coefficient (Wildman–Crippen LogP) is 0.900. The van der Waals surface area contributed by atoms with E-state index >= 15 is 0 Å². The molecule has 96 valence electrons. The molecular weight excluding hydrogens is 250 g/mol. The van der Waals surface area contributed by atoms with Crippen LogP contribution in [0.15, 0.2) is 18.6 Å². The number of aromatic nitrogens is 2. The summed E-state index contributed by atoms with van der Waals surface area (Å²) < 4.78 is 0. The van der Waals surface area contributed by atoms with Crippen molar-refractivity contribution in [3.05, 3.63) is 24.3 Å². The lowest BCUT2D eigenvalue weighted by atomic mass is 10.3. The molecule has 0 saturated carbocycles. The Kier molecular flexibility index (Phi) is 4.30. The van der Waals surface area contributed by atoms with Crippen molar-refractivity contribution in [2.75, 3.05) is 13.1 Å². The van der Waals surface area contributed by atoms with Gasteiger partial charge in [0.15, 0.2) is 5.12 Å². The van der Waals surface area contributed by atoms with Crippen molar-refractivity contribution in [2.24, 2.45) is 0 Å². The van der Waals surface area contributed by atoms with Gasteiger partial charge in [-0.1, -0.05) is 11.8 Å². The molecule has 0 aromatic carbocycles. The first-order valence-corrected chi connectivity index (χ1v) is 6.73. The van der Waals surface area contributed by atoms with Crippen molar-refractivity contribution in [1.29, 1.82) is 0 Å². The maximum absolute atomic E-state index is 11.8. The summed E-state index contributed by atoms with van der Waals surface area (Å²) >= 11 is 1.26. The molecule has 18 heavy (non-hydrogen) atoms. The Bertz CT molecular complexity index is 438. The second-order valence-electron chi connectivity index (χ2n) is 4.23. The molecule has 1 amide bonds. The van der Waals surface area contributed by atoms with Crippen molar-refractivity contribution < 1.29 is 9.59 Å². The fourth-order valence-electron chi connectivity index (χ4n) is 1.98. The molecule has 1 saturated heterocycles. The number of likely N-dealkylation sites (tertiary alicyclic amines) is 1. The average Bonchev–Trinajstić information content (AvgIpc) is 2.67. The molecule has 5 nitrogen and oxygen atoms in total. The van der Waals surface area contributed by atoms with E-state index < -0.39 is 0 Å². The molecule has 1 atom stereocenters. The van der Waals surface area contributed by atoms with Crippen LogP contribution in [0.4, 0.5) is 0 Å². The maximum Gasteiger partial charge on any atom is 0.223 e. The normalized spacial score (nSPS) is 19.3. The van der Waals surface area contributed by atoms with Crippen molar-refractivity contribution >= 4 is 22.8 Å². The lowest BCUT2D eigenvalue weighted by molar-refractivity contribution is -0.127. The molecule has 6 heteroatoms. The molecule has 0 aliphatic carbocycles. The quantitative estimate of drug-likeness (QED) is 0.809. The molecule has 1 unspecified atom stereocenters. The largest absolute Gasteiger partial charge is 0.341 e. The smallest absolute Gasteiger partial charge is 0.223 e. The van der Waals surface area contributed by atoms with E-state index in [9.17, 15) is 9.59 Å². The number of hydrogen-bond donors (Lipinski definition) is 0. The van der Waals surface area contributed by atoms with Gasteiger partial charge in [-0.25, -0.2) is 9.97 Å². The topological polar surface area (TPSA) is 63.2 Å². The van der Waals surface area contributed by atoms with Gasteiger partial charge in [0.05, 0.1) is 0 Å². The van der Waals surface area contributed by atoms with Gasteiger partial charge in [-0.3, -0.25) is 9.59 Å². The minimum atomic E-state index is 0.0745. The van der Waals surface area contributed by atoms with Gasteiger partial charge >= 0.3 is 0 Å². The molecular formula is C12H15N3O2S. The lowest BCUT2D eigenvalue weighted by Gasteiger charge is -2.15. The Morgan fingerprint density at radius 2 is 2.44 bits per heavy atom. The first-order chi connectivity index (χ1) is 8.65. The van der Waals surface area contributed by atoms with Gasteiger partial charge in [0, 0.05) is 50.0 Å². The van der Waals surface area contributed by atoms with Crippen LogP contribution in [-0.4, -0.2) is 44.2 Å². The van der Waals surface area contributed by atoms with E-state index in [1.54, 1.807) is 13.1 Å². The van der Waals surface area contributed by atoms with Gasteiger partial charge in [0.25, 0.3) is 0 Å². The van der Waals surface area contributed by atoms with Gasteiger partial charge < -0.3 is 4.90 Å². The van der Waals surface area contributed by atoms with Gasteiger partial charge in [-0.2, -0.15) is 0 Å². The van der Waals surface area contributed by atoms with Gasteiger partial charge in [0.1, 0.15) is 6.33 Å². The zero-order valence-electron chi connectivity index (χ0n) is 10.2. The van der Waals surface area contributed by atoms with E-state index in [-0.39, 0.29) is 16.3 Å². The summed E-state index contributed by atoms with van der Waals surface area (Å²) in [4.78, 5) is 32.5. The third-order valence-electron chi connectivity index (χ3n) is 2.79. The molecule has 0 bridgehead atoms. The van der Waals surface area contributed by atoms with E-state index in [1.807, 2.05) is 11.0 Å². The van der Waals surface area contributed by atoms with E-state index in [2.05, 4.69) is 9.97 Å². The first kappa shape index (κ1) is 13.0. The summed E-state index contributed by atoms with van der Waals surface area (Å²) in [6, 6.07) is 1.85. The zero-order valence-corrected chi connectivity index (χ0v) is 11.0. The van der Waals surface area contributed by atoms with Crippen molar-refractivity contribution in [3.63, 3.8) is 0 Å².